The highest BCUT2D eigenvalue weighted by atomic mass is 35.5. The van der Waals surface area contributed by atoms with Crippen LogP contribution in [0, 0.1) is 4.91 Å². The number of hydrogen-bond acceptors (Lipinski definition) is 5. The van der Waals surface area contributed by atoms with Gasteiger partial charge in [-0.1, -0.05) is 23.0 Å². The summed E-state index contributed by atoms with van der Waals surface area (Å²) in [6.07, 6.45) is 0.621. The third-order valence-electron chi connectivity index (χ3n) is 2.65. The van der Waals surface area contributed by atoms with Crippen molar-refractivity contribution in [3.05, 3.63) is 35.2 Å². The standard InChI is InChI=1S/C11H15ClN3O4P/c12-7-9-14(13-16)15-8-4-10-18-20(15,17)19-11-5-2-1-3-6-11/h1-3,5-6H,4,7-10H2. The van der Waals surface area contributed by atoms with E-state index < -0.39 is 7.75 Å². The Morgan fingerprint density at radius 1 is 1.45 bits per heavy atom. The van der Waals surface area contributed by atoms with E-state index in [-0.39, 0.29) is 12.4 Å². The molecule has 1 heterocycles. The fourth-order valence-corrected chi connectivity index (χ4v) is 3.72. The molecule has 0 bridgehead atoms. The van der Waals surface area contributed by atoms with Crippen LogP contribution in [0.15, 0.2) is 35.6 Å². The van der Waals surface area contributed by atoms with E-state index >= 15 is 0 Å². The van der Waals surface area contributed by atoms with Gasteiger partial charge in [-0.15, -0.1) is 16.5 Å². The molecule has 0 radical (unpaired) electrons. The average Bonchev–Trinajstić information content (AvgIpc) is 2.46. The van der Waals surface area contributed by atoms with E-state index in [0.29, 0.717) is 25.3 Å². The predicted molar refractivity (Wildman–Crippen MR) is 75.2 cm³/mol. The molecule has 1 aromatic carbocycles. The van der Waals surface area contributed by atoms with Gasteiger partial charge in [-0.3, -0.25) is 4.52 Å². The molecule has 0 spiro atoms. The normalized spacial score (nSPS) is 23.2. The molecular formula is C11H15ClN3O4P. The van der Waals surface area contributed by atoms with Crippen LogP contribution in [0.2, 0.25) is 0 Å². The number of halogens is 1. The monoisotopic (exact) mass is 319 g/mol. The van der Waals surface area contributed by atoms with E-state index in [9.17, 15) is 9.47 Å². The summed E-state index contributed by atoms with van der Waals surface area (Å²) in [7, 11) is -3.64. The highest BCUT2D eigenvalue weighted by Crippen LogP contribution is 2.54. The van der Waals surface area contributed by atoms with Crippen molar-refractivity contribution in [1.82, 2.24) is 9.90 Å². The van der Waals surface area contributed by atoms with Crippen LogP contribution >= 0.6 is 19.3 Å². The minimum atomic E-state index is -3.64. The zero-order chi connectivity index (χ0) is 14.4. The van der Waals surface area contributed by atoms with Gasteiger partial charge < -0.3 is 4.52 Å². The molecule has 0 aromatic heterocycles. The van der Waals surface area contributed by atoms with Gasteiger partial charge in [0.15, 0.2) is 0 Å². The molecule has 0 aliphatic carbocycles. The van der Waals surface area contributed by atoms with Gasteiger partial charge in [0.2, 0.25) is 0 Å². The number of hydrazine groups is 1. The highest BCUT2D eigenvalue weighted by molar-refractivity contribution is 7.51. The first-order valence-corrected chi connectivity index (χ1v) is 8.16. The summed E-state index contributed by atoms with van der Waals surface area (Å²) in [5, 5.41) is 3.83. The first-order chi connectivity index (χ1) is 9.69. The molecule has 0 N–H and O–H groups in total. The van der Waals surface area contributed by atoms with Crippen molar-refractivity contribution >= 4 is 19.3 Å². The van der Waals surface area contributed by atoms with Crippen LogP contribution in [0.5, 0.6) is 5.75 Å². The number of hydrogen-bond donors (Lipinski definition) is 0. The first-order valence-electron chi connectivity index (χ1n) is 6.13. The Labute approximate surface area is 121 Å². The second-order valence-corrected chi connectivity index (χ2v) is 6.24. The number of para-hydroxylation sites is 1. The number of alkyl halides is 1. The predicted octanol–water partition coefficient (Wildman–Crippen LogP) is 3.03. The molecular weight excluding hydrogens is 305 g/mol. The molecule has 7 nitrogen and oxygen atoms in total. The molecule has 1 unspecified atom stereocenters. The summed E-state index contributed by atoms with van der Waals surface area (Å²) >= 11 is 5.61. The maximum Gasteiger partial charge on any atom is 0.480 e. The number of nitroso groups, excluding NO2 is 1. The highest BCUT2D eigenvalue weighted by Gasteiger charge is 2.42. The Morgan fingerprint density at radius 3 is 2.85 bits per heavy atom. The molecule has 1 aliphatic rings. The summed E-state index contributed by atoms with van der Waals surface area (Å²) in [6.45, 7) is 0.789. The van der Waals surface area contributed by atoms with Crippen LogP contribution in [0.25, 0.3) is 0 Å². The minimum absolute atomic E-state index is 0.135. The molecule has 1 fully saturated rings. The lowest BCUT2D eigenvalue weighted by Crippen LogP contribution is -2.42. The van der Waals surface area contributed by atoms with Crippen molar-refractivity contribution in [1.29, 1.82) is 0 Å². The summed E-state index contributed by atoms with van der Waals surface area (Å²) in [6, 6.07) is 8.65. The summed E-state index contributed by atoms with van der Waals surface area (Å²) in [5.41, 5.74) is 0. The Kier molecular flexibility index (Phi) is 5.37. The molecule has 0 saturated carbocycles. The molecule has 1 atom stereocenters. The van der Waals surface area contributed by atoms with E-state index in [4.69, 9.17) is 20.6 Å². The lowest BCUT2D eigenvalue weighted by Gasteiger charge is -2.36. The van der Waals surface area contributed by atoms with Crippen molar-refractivity contribution in [2.24, 2.45) is 5.29 Å². The Balaban J connectivity index is 2.20. The SMILES string of the molecule is O=NN(CCCl)N1CCCOP1(=O)Oc1ccccc1. The summed E-state index contributed by atoms with van der Waals surface area (Å²) < 4.78 is 24.8. The summed E-state index contributed by atoms with van der Waals surface area (Å²) in [5.74, 6) is 0.576. The third-order valence-corrected chi connectivity index (χ3v) is 4.74. The van der Waals surface area contributed by atoms with E-state index in [1.165, 1.54) is 4.78 Å². The lowest BCUT2D eigenvalue weighted by molar-refractivity contribution is 0.00613. The van der Waals surface area contributed by atoms with Crippen molar-refractivity contribution in [2.45, 2.75) is 6.42 Å². The van der Waals surface area contributed by atoms with E-state index in [1.807, 2.05) is 6.07 Å². The largest absolute Gasteiger partial charge is 0.480 e. The van der Waals surface area contributed by atoms with Crippen molar-refractivity contribution < 1.29 is 13.6 Å². The first kappa shape index (κ1) is 15.3. The van der Waals surface area contributed by atoms with Crippen LogP contribution < -0.4 is 4.52 Å². The second-order valence-electron chi connectivity index (χ2n) is 4.02. The Morgan fingerprint density at radius 2 is 2.20 bits per heavy atom. The maximum atomic E-state index is 12.8. The minimum Gasteiger partial charge on any atom is -0.412 e. The number of nitrogens with zero attached hydrogens (tertiary/aromatic N) is 3. The van der Waals surface area contributed by atoms with Gasteiger partial charge in [0.25, 0.3) is 0 Å². The van der Waals surface area contributed by atoms with E-state index in [1.54, 1.807) is 24.3 Å². The van der Waals surface area contributed by atoms with Gasteiger partial charge in [-0.25, -0.2) is 4.57 Å². The second kappa shape index (κ2) is 7.04. The number of benzene rings is 1. The molecule has 1 saturated heterocycles. The van der Waals surface area contributed by atoms with Gasteiger partial charge in [0, 0.05) is 12.4 Å². The molecule has 2 rings (SSSR count). The maximum absolute atomic E-state index is 12.8. The van der Waals surface area contributed by atoms with Crippen molar-refractivity contribution in [3.8, 4) is 5.75 Å². The Hall–Kier alpha value is -1.14. The zero-order valence-corrected chi connectivity index (χ0v) is 12.4. The van der Waals surface area contributed by atoms with Crippen LogP contribution in [-0.4, -0.2) is 35.5 Å². The van der Waals surface area contributed by atoms with Crippen molar-refractivity contribution in [3.63, 3.8) is 0 Å². The molecule has 20 heavy (non-hydrogen) atoms. The molecule has 0 amide bonds. The number of rotatable bonds is 6. The van der Waals surface area contributed by atoms with Gasteiger partial charge in [0.05, 0.1) is 18.4 Å². The molecule has 1 aromatic rings. The quantitative estimate of drug-likeness (QED) is 0.347. The van der Waals surface area contributed by atoms with Crippen LogP contribution in [-0.2, 0) is 9.09 Å². The van der Waals surface area contributed by atoms with Crippen LogP contribution in [0.1, 0.15) is 6.42 Å². The van der Waals surface area contributed by atoms with Gasteiger partial charge in [-0.2, -0.15) is 5.12 Å². The fraction of sp³-hybridized carbons (Fsp3) is 0.455. The smallest absolute Gasteiger partial charge is 0.412 e. The topological polar surface area (TPSA) is 71.4 Å². The molecule has 9 heteroatoms. The van der Waals surface area contributed by atoms with Gasteiger partial charge >= 0.3 is 7.75 Å². The van der Waals surface area contributed by atoms with Crippen LogP contribution in [0.4, 0.5) is 0 Å². The summed E-state index contributed by atoms with van der Waals surface area (Å²) in [4.78, 5) is 10.9. The van der Waals surface area contributed by atoms with Gasteiger partial charge in [0.1, 0.15) is 5.75 Å². The fourth-order valence-electron chi connectivity index (χ4n) is 1.78. The van der Waals surface area contributed by atoms with Gasteiger partial charge in [-0.05, 0) is 18.6 Å². The average molecular weight is 320 g/mol. The molecule has 110 valence electrons. The lowest BCUT2D eigenvalue weighted by atomic mass is 10.3. The van der Waals surface area contributed by atoms with Crippen molar-refractivity contribution in [2.75, 3.05) is 25.6 Å². The van der Waals surface area contributed by atoms with Crippen LogP contribution in [0.3, 0.4) is 0 Å². The van der Waals surface area contributed by atoms with E-state index in [2.05, 4.69) is 5.29 Å². The Bertz CT molecular complexity index is 490. The zero-order valence-electron chi connectivity index (χ0n) is 10.7. The molecule has 1 aliphatic heterocycles. The third kappa shape index (κ3) is 3.49. The van der Waals surface area contributed by atoms with E-state index in [0.717, 1.165) is 5.12 Å².